The summed E-state index contributed by atoms with van der Waals surface area (Å²) in [5.41, 5.74) is 0. The highest BCUT2D eigenvalue weighted by atomic mass is 32.1. The van der Waals surface area contributed by atoms with Crippen molar-refractivity contribution in [2.24, 2.45) is 5.92 Å². The minimum Gasteiger partial charge on any atom is -0.481 e. The summed E-state index contributed by atoms with van der Waals surface area (Å²) in [6.07, 6.45) is 4.08. The fourth-order valence-electron chi connectivity index (χ4n) is 1.37. The second-order valence-electron chi connectivity index (χ2n) is 3.96. The third-order valence-electron chi connectivity index (χ3n) is 2.43. The van der Waals surface area contributed by atoms with Gasteiger partial charge in [-0.05, 0) is 19.8 Å². The Bertz CT molecular complexity index is 316. The van der Waals surface area contributed by atoms with Crippen LogP contribution in [0.3, 0.4) is 0 Å². The third-order valence-corrected chi connectivity index (χ3v) is 3.02. The zero-order chi connectivity index (χ0) is 12.0. The van der Waals surface area contributed by atoms with Gasteiger partial charge < -0.3 is 10.4 Å². The van der Waals surface area contributed by atoms with Crippen molar-refractivity contribution in [3.05, 3.63) is 6.33 Å². The Morgan fingerprint density at radius 3 is 2.88 bits per heavy atom. The SMILES string of the molecule is CC(CCCC(C)C(=O)O)Nc1ncns1. The molecule has 1 heterocycles. The van der Waals surface area contributed by atoms with Crippen LogP contribution in [0.25, 0.3) is 0 Å². The van der Waals surface area contributed by atoms with Gasteiger partial charge in [-0.2, -0.15) is 4.37 Å². The molecule has 5 nitrogen and oxygen atoms in total. The number of hydrogen-bond acceptors (Lipinski definition) is 5. The molecule has 0 aliphatic rings. The van der Waals surface area contributed by atoms with Gasteiger partial charge in [0.15, 0.2) is 0 Å². The van der Waals surface area contributed by atoms with Gasteiger partial charge in [0.1, 0.15) is 6.33 Å². The molecule has 2 atom stereocenters. The number of aromatic nitrogens is 2. The summed E-state index contributed by atoms with van der Waals surface area (Å²) in [6, 6.07) is 0.300. The molecule has 90 valence electrons. The second-order valence-corrected chi connectivity index (χ2v) is 4.74. The highest BCUT2D eigenvalue weighted by Gasteiger charge is 2.11. The number of hydrogen-bond donors (Lipinski definition) is 2. The van der Waals surface area contributed by atoms with Gasteiger partial charge in [0, 0.05) is 17.6 Å². The van der Waals surface area contributed by atoms with E-state index in [0.717, 1.165) is 24.4 Å². The van der Waals surface area contributed by atoms with Gasteiger partial charge in [-0.3, -0.25) is 4.79 Å². The number of nitrogens with zero attached hydrogens (tertiary/aromatic N) is 2. The van der Waals surface area contributed by atoms with E-state index < -0.39 is 5.97 Å². The van der Waals surface area contributed by atoms with Gasteiger partial charge in [0.25, 0.3) is 0 Å². The van der Waals surface area contributed by atoms with Gasteiger partial charge in [0.2, 0.25) is 5.13 Å². The average molecular weight is 243 g/mol. The molecular weight excluding hydrogens is 226 g/mol. The lowest BCUT2D eigenvalue weighted by molar-refractivity contribution is -0.141. The van der Waals surface area contributed by atoms with Gasteiger partial charge >= 0.3 is 5.97 Å². The van der Waals surface area contributed by atoms with E-state index in [1.807, 2.05) is 0 Å². The topological polar surface area (TPSA) is 75.1 Å². The minimum atomic E-state index is -0.718. The molecule has 0 bridgehead atoms. The summed E-state index contributed by atoms with van der Waals surface area (Å²) < 4.78 is 3.90. The first-order chi connectivity index (χ1) is 7.59. The number of anilines is 1. The van der Waals surface area contributed by atoms with Crippen molar-refractivity contribution >= 4 is 22.6 Å². The quantitative estimate of drug-likeness (QED) is 0.768. The van der Waals surface area contributed by atoms with E-state index in [-0.39, 0.29) is 5.92 Å². The van der Waals surface area contributed by atoms with Crippen LogP contribution < -0.4 is 5.32 Å². The van der Waals surface area contributed by atoms with E-state index in [1.54, 1.807) is 6.92 Å². The Kier molecular flexibility index (Phi) is 5.18. The standard InChI is InChI=1S/C10H17N3O2S/c1-7(9(14)15)4-3-5-8(2)13-10-11-6-12-16-10/h6-8H,3-5H2,1-2H3,(H,14,15)(H,11,12,13). The zero-order valence-corrected chi connectivity index (χ0v) is 10.3. The first kappa shape index (κ1) is 12.9. The van der Waals surface area contributed by atoms with Crippen LogP contribution in [0.1, 0.15) is 33.1 Å². The fraction of sp³-hybridized carbons (Fsp3) is 0.700. The lowest BCUT2D eigenvalue weighted by atomic mass is 10.0. The third kappa shape index (κ3) is 4.57. The van der Waals surface area contributed by atoms with E-state index >= 15 is 0 Å². The van der Waals surface area contributed by atoms with Crippen LogP contribution in [0.5, 0.6) is 0 Å². The smallest absolute Gasteiger partial charge is 0.306 e. The molecule has 1 rings (SSSR count). The van der Waals surface area contributed by atoms with Crippen LogP contribution in [0.4, 0.5) is 5.13 Å². The minimum absolute atomic E-state index is 0.256. The largest absolute Gasteiger partial charge is 0.481 e. The van der Waals surface area contributed by atoms with Crippen LogP contribution in [-0.4, -0.2) is 26.5 Å². The van der Waals surface area contributed by atoms with Crippen LogP contribution >= 0.6 is 11.5 Å². The van der Waals surface area contributed by atoms with Crippen LogP contribution in [0.2, 0.25) is 0 Å². The molecule has 2 unspecified atom stereocenters. The van der Waals surface area contributed by atoms with Crippen molar-refractivity contribution in [2.75, 3.05) is 5.32 Å². The molecule has 1 aromatic heterocycles. The van der Waals surface area contributed by atoms with E-state index in [9.17, 15) is 4.79 Å². The molecule has 0 spiro atoms. The van der Waals surface area contributed by atoms with Crippen molar-refractivity contribution in [1.29, 1.82) is 0 Å². The first-order valence-electron chi connectivity index (χ1n) is 5.35. The Labute approximate surface area is 99.1 Å². The number of carboxylic acids is 1. The normalized spacial score (nSPS) is 14.4. The number of rotatable bonds is 7. The van der Waals surface area contributed by atoms with Crippen molar-refractivity contribution in [3.8, 4) is 0 Å². The summed E-state index contributed by atoms with van der Waals surface area (Å²) >= 11 is 1.33. The summed E-state index contributed by atoms with van der Waals surface area (Å²) in [4.78, 5) is 14.6. The number of aliphatic carboxylic acids is 1. The number of carboxylic acid groups (broad SMARTS) is 1. The highest BCUT2D eigenvalue weighted by Crippen LogP contribution is 2.14. The van der Waals surface area contributed by atoms with E-state index in [2.05, 4.69) is 21.6 Å². The molecule has 0 fully saturated rings. The molecule has 2 N–H and O–H groups in total. The Balaban J connectivity index is 2.15. The molecule has 0 saturated carbocycles. The maximum Gasteiger partial charge on any atom is 0.306 e. The molecule has 0 amide bonds. The highest BCUT2D eigenvalue weighted by molar-refractivity contribution is 7.09. The van der Waals surface area contributed by atoms with E-state index in [4.69, 9.17) is 5.11 Å². The lowest BCUT2D eigenvalue weighted by Gasteiger charge is -2.13. The number of carbonyl (C=O) groups is 1. The van der Waals surface area contributed by atoms with E-state index in [0.29, 0.717) is 6.04 Å². The maximum atomic E-state index is 10.6. The first-order valence-corrected chi connectivity index (χ1v) is 6.13. The van der Waals surface area contributed by atoms with Gasteiger partial charge in [0.05, 0.1) is 5.92 Å². The Morgan fingerprint density at radius 1 is 1.56 bits per heavy atom. The second kappa shape index (κ2) is 6.42. The zero-order valence-electron chi connectivity index (χ0n) is 9.51. The Hall–Kier alpha value is -1.17. The predicted octanol–water partition coefficient (Wildman–Crippen LogP) is 2.23. The molecule has 0 aliphatic carbocycles. The molecule has 16 heavy (non-hydrogen) atoms. The van der Waals surface area contributed by atoms with Crippen molar-refractivity contribution in [1.82, 2.24) is 9.36 Å². The molecule has 1 aromatic rings. The van der Waals surface area contributed by atoms with Crippen LogP contribution in [0, 0.1) is 5.92 Å². The fourth-order valence-corrected chi connectivity index (χ4v) is 1.92. The predicted molar refractivity (Wildman–Crippen MR) is 63.6 cm³/mol. The van der Waals surface area contributed by atoms with Crippen molar-refractivity contribution < 1.29 is 9.90 Å². The maximum absolute atomic E-state index is 10.6. The summed E-state index contributed by atoms with van der Waals surface area (Å²) in [7, 11) is 0. The monoisotopic (exact) mass is 243 g/mol. The van der Waals surface area contributed by atoms with Gasteiger partial charge in [-0.15, -0.1) is 0 Å². The van der Waals surface area contributed by atoms with Crippen molar-refractivity contribution in [2.45, 2.75) is 39.2 Å². The summed E-state index contributed by atoms with van der Waals surface area (Å²) in [6.45, 7) is 3.80. The molecule has 0 saturated heterocycles. The molecule has 0 aromatic carbocycles. The average Bonchev–Trinajstić information content (AvgIpc) is 2.70. The van der Waals surface area contributed by atoms with Crippen molar-refractivity contribution in [3.63, 3.8) is 0 Å². The Morgan fingerprint density at radius 2 is 2.31 bits per heavy atom. The summed E-state index contributed by atoms with van der Waals surface area (Å²) in [5.74, 6) is -0.974. The summed E-state index contributed by atoms with van der Waals surface area (Å²) in [5, 5.41) is 12.8. The number of nitrogens with one attached hydrogen (secondary N) is 1. The van der Waals surface area contributed by atoms with Crippen LogP contribution in [-0.2, 0) is 4.79 Å². The van der Waals surface area contributed by atoms with Crippen LogP contribution in [0.15, 0.2) is 6.33 Å². The molecule has 6 heteroatoms. The molecule has 0 radical (unpaired) electrons. The van der Waals surface area contributed by atoms with E-state index in [1.165, 1.54) is 17.9 Å². The molecular formula is C10H17N3O2S. The molecule has 0 aliphatic heterocycles. The van der Waals surface area contributed by atoms with Gasteiger partial charge in [-0.1, -0.05) is 13.3 Å². The lowest BCUT2D eigenvalue weighted by Crippen LogP contribution is -2.16. The van der Waals surface area contributed by atoms with Gasteiger partial charge in [-0.25, -0.2) is 4.98 Å².